The second-order valence-corrected chi connectivity index (χ2v) is 21.5. The number of hydrogen-bond donors (Lipinski definition) is 0. The van der Waals surface area contributed by atoms with E-state index in [1.807, 2.05) is 0 Å². The van der Waals surface area contributed by atoms with Crippen molar-refractivity contribution in [1.82, 2.24) is 24.1 Å². The number of fused-ring (bicyclic) bond motifs is 6. The van der Waals surface area contributed by atoms with E-state index >= 15 is 0 Å². The maximum atomic E-state index is 5.65. The molecule has 7 nitrogen and oxygen atoms in total. The first-order chi connectivity index (χ1) is 41.0. The second-order valence-electron chi connectivity index (χ2n) is 21.5. The molecule has 1 atom stereocenters. The van der Waals surface area contributed by atoms with Crippen LogP contribution in [0.2, 0.25) is 0 Å². The van der Waals surface area contributed by atoms with Crippen molar-refractivity contribution in [1.29, 1.82) is 0 Å². The maximum absolute atomic E-state index is 5.65. The topological polar surface area (TPSA) is 55.0 Å². The standard InChI is InChI=1S/C76H55N7/c1-76(48-24-37-62(52-76)82-69-42-21-19-40-65(69)67-50-60(44-46-71(67)82)80(56-29-9-3-10-30-56)57-31-11-4-12-32-57)74-77-73(55-28-23-27-54(49-55)64-39-18-17-38-63(64)53-25-7-2-8-26-53)78-75(79-74)83-70-43-22-20-41-66(70)68-51-61(45-47-72(68)83)81(58-33-13-5-14-34-58)59-35-15-6-16-36-59/h2-51H,52H2,1H3. The van der Waals surface area contributed by atoms with Gasteiger partial charge in [-0.1, -0.05) is 194 Å². The fourth-order valence-electron chi connectivity index (χ4n) is 12.4. The molecule has 394 valence electrons. The number of allylic oxidation sites excluding steroid dienone is 4. The minimum atomic E-state index is -0.666. The lowest BCUT2D eigenvalue weighted by molar-refractivity contribution is 0.551. The van der Waals surface area contributed by atoms with E-state index in [1.165, 1.54) is 10.8 Å². The molecule has 15 rings (SSSR count). The molecule has 83 heavy (non-hydrogen) atoms. The first-order valence-corrected chi connectivity index (χ1v) is 28.3. The van der Waals surface area contributed by atoms with Crippen molar-refractivity contribution in [2.24, 2.45) is 0 Å². The predicted molar refractivity (Wildman–Crippen MR) is 345 cm³/mol. The van der Waals surface area contributed by atoms with E-state index in [4.69, 9.17) is 15.0 Å². The molecule has 1 unspecified atom stereocenters. The lowest BCUT2D eigenvalue weighted by atomic mass is 9.81. The van der Waals surface area contributed by atoms with Crippen molar-refractivity contribution < 1.29 is 0 Å². The summed E-state index contributed by atoms with van der Waals surface area (Å²) >= 11 is 0. The van der Waals surface area contributed by atoms with Gasteiger partial charge in [0.1, 0.15) is 5.82 Å². The Morgan fingerprint density at radius 3 is 1.34 bits per heavy atom. The van der Waals surface area contributed by atoms with Gasteiger partial charge in [-0.25, -0.2) is 4.98 Å². The van der Waals surface area contributed by atoms with E-state index in [1.54, 1.807) is 0 Å². The summed E-state index contributed by atoms with van der Waals surface area (Å²) in [5.41, 5.74) is 16.7. The predicted octanol–water partition coefficient (Wildman–Crippen LogP) is 19.8. The molecular weight excluding hydrogens is 1010 g/mol. The monoisotopic (exact) mass is 1070 g/mol. The Hall–Kier alpha value is -10.9. The smallest absolute Gasteiger partial charge is 0.238 e. The van der Waals surface area contributed by atoms with Gasteiger partial charge >= 0.3 is 0 Å². The van der Waals surface area contributed by atoms with Gasteiger partial charge in [0.2, 0.25) is 5.95 Å². The molecule has 0 saturated carbocycles. The van der Waals surface area contributed by atoms with Gasteiger partial charge in [0.05, 0.1) is 27.5 Å². The normalized spacial score (nSPS) is 14.1. The van der Waals surface area contributed by atoms with Crippen LogP contribution < -0.4 is 9.80 Å². The lowest BCUT2D eigenvalue weighted by Crippen LogP contribution is -2.27. The van der Waals surface area contributed by atoms with Crippen molar-refractivity contribution in [3.05, 3.63) is 309 Å². The van der Waals surface area contributed by atoms with Gasteiger partial charge in [-0.15, -0.1) is 0 Å². The highest BCUT2D eigenvalue weighted by Crippen LogP contribution is 2.45. The average Bonchev–Trinajstić information content (AvgIpc) is 4.19. The van der Waals surface area contributed by atoms with Crippen molar-refractivity contribution in [3.8, 4) is 39.6 Å². The molecule has 1 aliphatic rings. The summed E-state index contributed by atoms with van der Waals surface area (Å²) < 4.78 is 4.68. The van der Waals surface area contributed by atoms with Crippen molar-refractivity contribution in [2.45, 2.75) is 18.8 Å². The highest BCUT2D eigenvalue weighted by molar-refractivity contribution is 6.12. The lowest BCUT2D eigenvalue weighted by Gasteiger charge is -2.30. The number of nitrogens with zero attached hydrogens (tertiary/aromatic N) is 7. The van der Waals surface area contributed by atoms with Crippen LogP contribution in [0, 0.1) is 0 Å². The number of rotatable bonds is 12. The Morgan fingerprint density at radius 1 is 0.349 bits per heavy atom. The Morgan fingerprint density at radius 2 is 0.783 bits per heavy atom. The molecule has 14 aromatic rings. The Kier molecular flexibility index (Phi) is 12.2. The minimum Gasteiger partial charge on any atom is -0.313 e. The van der Waals surface area contributed by atoms with Crippen LogP contribution in [0.3, 0.4) is 0 Å². The Bertz CT molecular complexity index is 4700. The quantitative estimate of drug-likeness (QED) is 0.122. The molecule has 0 N–H and O–H groups in total. The van der Waals surface area contributed by atoms with Crippen LogP contribution in [0.15, 0.2) is 303 Å². The zero-order valence-electron chi connectivity index (χ0n) is 45.7. The van der Waals surface area contributed by atoms with Gasteiger partial charge in [-0.3, -0.25) is 4.57 Å². The molecule has 0 spiro atoms. The molecule has 3 aromatic heterocycles. The summed E-state index contributed by atoms with van der Waals surface area (Å²) in [4.78, 5) is 21.4. The molecule has 0 radical (unpaired) electrons. The summed E-state index contributed by atoms with van der Waals surface area (Å²) in [5.74, 6) is 1.83. The largest absolute Gasteiger partial charge is 0.313 e. The Balaban J connectivity index is 0.891. The van der Waals surface area contributed by atoms with E-state index in [9.17, 15) is 0 Å². The van der Waals surface area contributed by atoms with E-state index in [0.717, 1.165) is 100 Å². The number of hydrogen-bond acceptors (Lipinski definition) is 5. The van der Waals surface area contributed by atoms with Crippen molar-refractivity contribution in [3.63, 3.8) is 0 Å². The molecule has 0 fully saturated rings. The molecule has 0 amide bonds. The highest BCUT2D eigenvalue weighted by atomic mass is 15.2. The van der Waals surface area contributed by atoms with Crippen LogP contribution in [0.4, 0.5) is 34.1 Å². The molecule has 0 bridgehead atoms. The maximum Gasteiger partial charge on any atom is 0.238 e. The zero-order valence-corrected chi connectivity index (χ0v) is 45.7. The Labute approximate surface area is 482 Å². The van der Waals surface area contributed by atoms with Crippen molar-refractivity contribution >= 4 is 83.4 Å². The average molecular weight is 1070 g/mol. The van der Waals surface area contributed by atoms with Gasteiger partial charge in [-0.05, 0) is 138 Å². The summed E-state index contributed by atoms with van der Waals surface area (Å²) in [6, 6.07) is 101. The summed E-state index contributed by atoms with van der Waals surface area (Å²) in [6.45, 7) is 2.27. The second kappa shape index (κ2) is 20.6. The SMILES string of the molecule is CC1(c2nc(-c3cccc(-c4ccccc4-c4ccccc4)c3)nc(-n3c4ccccc4c4cc(N(c5ccccc5)c5ccccc5)ccc43)n2)C=CC=C(n2c3ccccc3c3cc(N(c4ccccc4)c4ccccc4)ccc32)C1. The van der Waals surface area contributed by atoms with Gasteiger partial charge < -0.3 is 14.4 Å². The first-order valence-electron chi connectivity index (χ1n) is 28.3. The number of aromatic nitrogens is 5. The third kappa shape index (κ3) is 8.83. The van der Waals surface area contributed by atoms with Gasteiger partial charge in [0, 0.05) is 73.4 Å². The van der Waals surface area contributed by atoms with Gasteiger partial charge in [0.15, 0.2) is 5.82 Å². The molecule has 0 aliphatic heterocycles. The fourth-order valence-corrected chi connectivity index (χ4v) is 12.4. The number of para-hydroxylation sites is 6. The van der Waals surface area contributed by atoms with Crippen LogP contribution in [0.1, 0.15) is 19.2 Å². The van der Waals surface area contributed by atoms with Crippen LogP contribution in [0.25, 0.3) is 88.9 Å². The minimum absolute atomic E-state index is 0.554. The number of anilines is 6. The molecular formula is C76H55N7. The number of benzene rings is 11. The molecule has 0 saturated heterocycles. The van der Waals surface area contributed by atoms with E-state index in [0.29, 0.717) is 24.0 Å². The van der Waals surface area contributed by atoms with Gasteiger partial charge in [0.25, 0.3) is 0 Å². The third-order valence-electron chi connectivity index (χ3n) is 16.3. The fraction of sp³-hybridized carbons (Fsp3) is 0.0395. The van der Waals surface area contributed by atoms with Crippen LogP contribution in [-0.2, 0) is 5.41 Å². The van der Waals surface area contributed by atoms with Crippen LogP contribution in [0.5, 0.6) is 0 Å². The van der Waals surface area contributed by atoms with Crippen LogP contribution in [-0.4, -0.2) is 24.1 Å². The van der Waals surface area contributed by atoms with E-state index < -0.39 is 5.41 Å². The van der Waals surface area contributed by atoms with E-state index in [-0.39, 0.29) is 0 Å². The summed E-state index contributed by atoms with van der Waals surface area (Å²) in [6.07, 6.45) is 7.35. The zero-order chi connectivity index (χ0) is 55.3. The van der Waals surface area contributed by atoms with Crippen molar-refractivity contribution in [2.75, 3.05) is 9.80 Å². The molecule has 3 heterocycles. The highest BCUT2D eigenvalue weighted by Gasteiger charge is 2.34. The van der Waals surface area contributed by atoms with Crippen LogP contribution >= 0.6 is 0 Å². The molecule has 11 aromatic carbocycles. The van der Waals surface area contributed by atoms with E-state index in [2.05, 4.69) is 329 Å². The summed E-state index contributed by atoms with van der Waals surface area (Å²) in [7, 11) is 0. The van der Waals surface area contributed by atoms with Gasteiger partial charge in [-0.2, -0.15) is 9.97 Å². The molecule has 1 aliphatic carbocycles. The molecule has 7 heteroatoms. The summed E-state index contributed by atoms with van der Waals surface area (Å²) in [5, 5.41) is 4.56. The first kappa shape index (κ1) is 49.2. The third-order valence-corrected chi connectivity index (χ3v) is 16.3.